The maximum absolute atomic E-state index is 5.25. The number of benzene rings is 4. The molecule has 5 aromatic rings. The Kier molecular flexibility index (Phi) is 5.50. The van der Waals surface area contributed by atoms with Crippen molar-refractivity contribution < 1.29 is 0 Å². The molecule has 0 radical (unpaired) electrons. The third-order valence-corrected chi connectivity index (χ3v) is 10.4. The molecule has 1 aliphatic heterocycles. The first-order valence-corrected chi connectivity index (χ1v) is 15.6. The molecular formula is C42H31N3. The highest BCUT2D eigenvalue weighted by atomic mass is 15.3. The molecule has 45 heavy (non-hydrogen) atoms. The summed E-state index contributed by atoms with van der Waals surface area (Å²) in [6.07, 6.45) is 9.12. The summed E-state index contributed by atoms with van der Waals surface area (Å²) < 4.78 is 0. The van der Waals surface area contributed by atoms with E-state index < -0.39 is 0 Å². The maximum Gasteiger partial charge on any atom is 0.160 e. The number of amidine groups is 2. The van der Waals surface area contributed by atoms with Crippen LogP contribution in [-0.4, -0.2) is 23.6 Å². The monoisotopic (exact) mass is 577 g/mol. The Morgan fingerprint density at radius 3 is 2.18 bits per heavy atom. The smallest absolute Gasteiger partial charge is 0.160 e. The van der Waals surface area contributed by atoms with Crippen LogP contribution in [0, 0.1) is 18.1 Å². The van der Waals surface area contributed by atoms with Crippen LogP contribution in [0.15, 0.2) is 150 Å². The van der Waals surface area contributed by atoms with Gasteiger partial charge in [-0.3, -0.25) is 0 Å². The lowest BCUT2D eigenvalue weighted by Gasteiger charge is -2.40. The summed E-state index contributed by atoms with van der Waals surface area (Å²) in [5.74, 6) is 1.85. The number of fused-ring (bicyclic) bond motifs is 10. The lowest BCUT2D eigenvalue weighted by Crippen LogP contribution is -2.39. The lowest BCUT2D eigenvalue weighted by atomic mass is 9.61. The first-order chi connectivity index (χ1) is 22.1. The highest BCUT2D eigenvalue weighted by Gasteiger charge is 2.61. The average molecular weight is 578 g/mol. The van der Waals surface area contributed by atoms with Crippen molar-refractivity contribution in [1.29, 1.82) is 0 Å². The summed E-state index contributed by atoms with van der Waals surface area (Å²) in [5, 5.41) is 0. The molecule has 1 spiro atoms. The first-order valence-electron chi connectivity index (χ1n) is 15.6. The van der Waals surface area contributed by atoms with Crippen LogP contribution in [0.25, 0.3) is 11.1 Å². The first kappa shape index (κ1) is 26.0. The molecule has 0 saturated carbocycles. The third-order valence-electron chi connectivity index (χ3n) is 10.4. The van der Waals surface area contributed by atoms with E-state index >= 15 is 0 Å². The second-order valence-corrected chi connectivity index (χ2v) is 12.7. The van der Waals surface area contributed by atoms with Crippen LogP contribution < -0.4 is 0 Å². The Bertz CT molecular complexity index is 2060. The van der Waals surface area contributed by atoms with Gasteiger partial charge < -0.3 is 4.90 Å². The number of hydrogen-bond acceptors (Lipinski definition) is 3. The number of allylic oxidation sites excluding steroid dienone is 4. The van der Waals surface area contributed by atoms with E-state index in [1.807, 2.05) is 24.3 Å². The zero-order valence-electron chi connectivity index (χ0n) is 25.3. The Balaban J connectivity index is 1.30. The molecule has 4 aliphatic rings. The molecule has 0 bridgehead atoms. The van der Waals surface area contributed by atoms with Crippen LogP contribution in [0.4, 0.5) is 0 Å². The number of rotatable bonds is 3. The quantitative estimate of drug-likeness (QED) is 0.211. The molecular weight excluding hydrogens is 546 g/mol. The molecule has 3 nitrogen and oxygen atoms in total. The summed E-state index contributed by atoms with van der Waals surface area (Å²) >= 11 is 0. The van der Waals surface area contributed by atoms with E-state index in [9.17, 15) is 0 Å². The highest BCUT2D eigenvalue weighted by molar-refractivity contribution is 6.13. The molecule has 3 unspecified atom stereocenters. The van der Waals surface area contributed by atoms with Gasteiger partial charge >= 0.3 is 0 Å². The van der Waals surface area contributed by atoms with Crippen LogP contribution in [0.1, 0.15) is 52.0 Å². The van der Waals surface area contributed by atoms with Gasteiger partial charge in [0, 0.05) is 29.5 Å². The molecule has 9 rings (SSSR count). The van der Waals surface area contributed by atoms with E-state index in [2.05, 4.69) is 146 Å². The van der Waals surface area contributed by atoms with Crippen LogP contribution in [-0.2, 0) is 10.8 Å². The molecule has 0 amide bonds. The fourth-order valence-electron chi connectivity index (χ4n) is 8.47. The fourth-order valence-corrected chi connectivity index (χ4v) is 8.47. The molecule has 3 atom stereocenters. The van der Waals surface area contributed by atoms with Crippen molar-refractivity contribution in [3.63, 3.8) is 0 Å². The van der Waals surface area contributed by atoms with E-state index in [4.69, 9.17) is 9.98 Å². The molecule has 214 valence electrons. The largest absolute Gasteiger partial charge is 0.333 e. The average Bonchev–Trinajstić information content (AvgIpc) is 3.52. The van der Waals surface area contributed by atoms with Crippen LogP contribution in [0.3, 0.4) is 0 Å². The Labute approximate surface area is 264 Å². The normalized spacial score (nSPS) is 23.0. The fraction of sp³-hybridized carbons (Fsp3) is 0.143. The van der Waals surface area contributed by atoms with E-state index in [-0.39, 0.29) is 22.9 Å². The highest BCUT2D eigenvalue weighted by Crippen LogP contribution is 2.67. The third kappa shape index (κ3) is 3.48. The molecule has 0 saturated heterocycles. The van der Waals surface area contributed by atoms with Crippen LogP contribution >= 0.6 is 0 Å². The van der Waals surface area contributed by atoms with Crippen molar-refractivity contribution in [3.8, 4) is 11.1 Å². The zero-order chi connectivity index (χ0) is 30.2. The Morgan fingerprint density at radius 2 is 1.44 bits per heavy atom. The lowest BCUT2D eigenvalue weighted by molar-refractivity contribution is 0.372. The van der Waals surface area contributed by atoms with Crippen LogP contribution in [0.2, 0.25) is 0 Å². The summed E-state index contributed by atoms with van der Waals surface area (Å²) in [4.78, 5) is 12.6. The molecule has 0 aromatic heterocycles. The van der Waals surface area contributed by atoms with E-state index in [1.54, 1.807) is 0 Å². The molecule has 3 aliphatic carbocycles. The maximum atomic E-state index is 5.25. The van der Waals surface area contributed by atoms with Gasteiger partial charge in [-0.2, -0.15) is 0 Å². The molecule has 0 N–H and O–H groups in total. The van der Waals surface area contributed by atoms with Gasteiger partial charge in [-0.25, -0.2) is 9.98 Å². The molecule has 1 heterocycles. The molecule has 0 fully saturated rings. The van der Waals surface area contributed by atoms with Gasteiger partial charge in [0.05, 0.1) is 5.41 Å². The van der Waals surface area contributed by atoms with Gasteiger partial charge in [-0.1, -0.05) is 134 Å². The predicted octanol–water partition coefficient (Wildman–Crippen LogP) is 8.45. The van der Waals surface area contributed by atoms with Gasteiger partial charge in [0.15, 0.2) is 5.84 Å². The molecule has 3 heteroatoms. The summed E-state index contributed by atoms with van der Waals surface area (Å²) in [6.45, 7) is 2.41. The zero-order valence-corrected chi connectivity index (χ0v) is 25.3. The second kappa shape index (κ2) is 9.52. The van der Waals surface area contributed by atoms with Crippen molar-refractivity contribution in [2.45, 2.75) is 23.9 Å². The van der Waals surface area contributed by atoms with Gasteiger partial charge in [0.2, 0.25) is 0 Å². The molecule has 5 aromatic carbocycles. The van der Waals surface area contributed by atoms with Crippen molar-refractivity contribution in [3.05, 3.63) is 191 Å². The van der Waals surface area contributed by atoms with Crippen molar-refractivity contribution >= 4 is 11.7 Å². The minimum absolute atomic E-state index is 0.150. The van der Waals surface area contributed by atoms with E-state index in [1.165, 1.54) is 33.4 Å². The predicted molar refractivity (Wildman–Crippen MR) is 181 cm³/mol. The van der Waals surface area contributed by atoms with Gasteiger partial charge in [-0.15, -0.1) is 0 Å². The van der Waals surface area contributed by atoms with Gasteiger partial charge in [0.1, 0.15) is 12.0 Å². The second-order valence-electron chi connectivity index (χ2n) is 12.7. The Morgan fingerprint density at radius 1 is 0.711 bits per heavy atom. The summed E-state index contributed by atoms with van der Waals surface area (Å²) in [5.41, 5.74) is 10.9. The summed E-state index contributed by atoms with van der Waals surface area (Å²) in [7, 11) is 2.11. The SMILES string of the molecule is CN1C(c2ccc3c(c2)C2(c4ccccc4-c4ccccc42)C2C=CC=CC32C)=NC(c2cc#ccc2)=NC1c1ccccc1. The Hall–Kier alpha value is -5.46. The van der Waals surface area contributed by atoms with Crippen LogP contribution in [0.5, 0.6) is 0 Å². The van der Waals surface area contributed by atoms with Crippen molar-refractivity contribution in [2.75, 3.05) is 7.05 Å². The van der Waals surface area contributed by atoms with E-state index in [0.29, 0.717) is 5.84 Å². The summed E-state index contributed by atoms with van der Waals surface area (Å²) in [6, 6.07) is 47.5. The topological polar surface area (TPSA) is 28.0 Å². The van der Waals surface area contributed by atoms with Crippen molar-refractivity contribution in [2.24, 2.45) is 15.9 Å². The number of hydrogen-bond donors (Lipinski definition) is 0. The van der Waals surface area contributed by atoms with Crippen molar-refractivity contribution in [1.82, 2.24) is 4.90 Å². The van der Waals surface area contributed by atoms with E-state index in [0.717, 1.165) is 22.5 Å². The minimum atomic E-state index is -0.317. The number of nitrogens with zero attached hydrogens (tertiary/aromatic N) is 3. The standard InChI is InChI=1S/C42H31N3/c1-41-26-14-13-23-37(41)42(33-21-11-9-19-31(33)32-20-10-12-22-34(32)42)36-27-30(24-25-35(36)41)40-44-38(28-15-5-3-6-16-28)43-39(45(40)2)29-17-7-4-8-18-29/h4-5,7-27,37,39H,1-2H3. The number of aliphatic imine (C=N–C) groups is 2. The van der Waals surface area contributed by atoms with Gasteiger partial charge in [0.25, 0.3) is 0 Å². The van der Waals surface area contributed by atoms with Gasteiger partial charge in [-0.05, 0) is 63.2 Å². The minimum Gasteiger partial charge on any atom is -0.333 e.